The third kappa shape index (κ3) is 4.01. The van der Waals surface area contributed by atoms with Gasteiger partial charge in [0, 0.05) is 11.8 Å². The largest absolute Gasteiger partial charge is 0.348 e. The summed E-state index contributed by atoms with van der Waals surface area (Å²) in [5, 5.41) is 13.7. The van der Waals surface area contributed by atoms with Crippen molar-refractivity contribution in [1.29, 1.82) is 0 Å². The highest BCUT2D eigenvalue weighted by atomic mass is 19.1. The normalized spacial score (nSPS) is 12.1. The van der Waals surface area contributed by atoms with Crippen molar-refractivity contribution in [2.24, 2.45) is 0 Å². The number of benzene rings is 2. The maximum Gasteiger partial charge on any atom is 0.225 e. The summed E-state index contributed by atoms with van der Waals surface area (Å²) in [6.45, 7) is 3.93. The third-order valence-corrected chi connectivity index (χ3v) is 4.65. The Kier molecular flexibility index (Phi) is 5.07. The van der Waals surface area contributed by atoms with Gasteiger partial charge in [0.2, 0.25) is 5.95 Å². The van der Waals surface area contributed by atoms with E-state index in [9.17, 15) is 8.78 Å². The first-order valence-corrected chi connectivity index (χ1v) is 9.33. The SMILES string of the molecule is CCc1cc(Nc2nc(N[C@@H](C)c3ccc(F)cc3)nc3cccc(F)c23)n[nH]1. The standard InChI is InChI=1S/C21H20F2N6/c1-3-15-11-18(29-28-15)26-20-19-16(23)5-4-6-17(19)25-21(27-20)24-12(2)13-7-9-14(22)10-8-13/h4-12H,3H2,1-2H3,(H3,24,25,26,27,28,29)/t12-/m0/s1. The molecular formula is C21H20F2N6. The van der Waals surface area contributed by atoms with Gasteiger partial charge < -0.3 is 10.6 Å². The number of rotatable bonds is 6. The van der Waals surface area contributed by atoms with Crippen molar-refractivity contribution >= 4 is 28.5 Å². The molecule has 0 amide bonds. The van der Waals surface area contributed by atoms with E-state index in [1.807, 2.05) is 19.9 Å². The molecular weight excluding hydrogens is 374 g/mol. The summed E-state index contributed by atoms with van der Waals surface area (Å²) in [5.41, 5.74) is 2.29. The topological polar surface area (TPSA) is 78.5 Å². The molecule has 0 bridgehead atoms. The van der Waals surface area contributed by atoms with Crippen molar-refractivity contribution in [3.63, 3.8) is 0 Å². The lowest BCUT2D eigenvalue weighted by molar-refractivity contribution is 0.626. The number of aromatic nitrogens is 4. The number of fused-ring (bicyclic) bond motifs is 1. The molecule has 29 heavy (non-hydrogen) atoms. The number of halogens is 2. The highest BCUT2D eigenvalue weighted by Gasteiger charge is 2.15. The number of nitrogens with zero attached hydrogens (tertiary/aromatic N) is 3. The summed E-state index contributed by atoms with van der Waals surface area (Å²) in [7, 11) is 0. The maximum atomic E-state index is 14.5. The van der Waals surface area contributed by atoms with Gasteiger partial charge in [-0.2, -0.15) is 10.1 Å². The molecule has 0 aliphatic rings. The minimum atomic E-state index is -0.422. The molecule has 0 fully saturated rings. The van der Waals surface area contributed by atoms with E-state index in [4.69, 9.17) is 0 Å². The summed E-state index contributed by atoms with van der Waals surface area (Å²) in [4.78, 5) is 8.91. The van der Waals surface area contributed by atoms with Crippen LogP contribution in [-0.2, 0) is 6.42 Å². The number of H-pyrrole nitrogens is 1. The number of hydrogen-bond donors (Lipinski definition) is 3. The van der Waals surface area contributed by atoms with Crippen molar-refractivity contribution < 1.29 is 8.78 Å². The van der Waals surface area contributed by atoms with Gasteiger partial charge in [-0.25, -0.2) is 13.8 Å². The summed E-state index contributed by atoms with van der Waals surface area (Å²) >= 11 is 0. The molecule has 0 saturated carbocycles. The maximum absolute atomic E-state index is 14.5. The molecule has 0 radical (unpaired) electrons. The van der Waals surface area contributed by atoms with Crippen LogP contribution >= 0.6 is 0 Å². The van der Waals surface area contributed by atoms with Crippen LogP contribution in [0.5, 0.6) is 0 Å². The van der Waals surface area contributed by atoms with E-state index in [0.29, 0.717) is 23.1 Å². The Bertz CT molecular complexity index is 1140. The van der Waals surface area contributed by atoms with E-state index in [-0.39, 0.29) is 17.2 Å². The Labute approximate surface area is 166 Å². The van der Waals surface area contributed by atoms with Crippen LogP contribution in [0.1, 0.15) is 31.1 Å². The molecule has 3 N–H and O–H groups in total. The molecule has 4 rings (SSSR count). The van der Waals surface area contributed by atoms with Gasteiger partial charge in [0.1, 0.15) is 17.5 Å². The van der Waals surface area contributed by atoms with E-state index < -0.39 is 5.82 Å². The molecule has 148 valence electrons. The highest BCUT2D eigenvalue weighted by Crippen LogP contribution is 2.28. The van der Waals surface area contributed by atoms with Crippen molar-refractivity contribution in [3.8, 4) is 0 Å². The van der Waals surface area contributed by atoms with E-state index in [1.54, 1.807) is 24.3 Å². The monoisotopic (exact) mass is 394 g/mol. The minimum Gasteiger partial charge on any atom is -0.348 e. The Morgan fingerprint density at radius 3 is 2.59 bits per heavy atom. The predicted octanol–water partition coefficient (Wildman–Crippen LogP) is 5.11. The lowest BCUT2D eigenvalue weighted by Crippen LogP contribution is -2.11. The average Bonchev–Trinajstić information content (AvgIpc) is 3.16. The van der Waals surface area contributed by atoms with Crippen molar-refractivity contribution in [3.05, 3.63) is 71.4 Å². The molecule has 0 aliphatic heterocycles. The summed E-state index contributed by atoms with van der Waals surface area (Å²) in [5.74, 6) is 0.470. The molecule has 2 aromatic carbocycles. The van der Waals surface area contributed by atoms with Gasteiger partial charge in [-0.15, -0.1) is 0 Å². The van der Waals surface area contributed by atoms with Gasteiger partial charge in [0.15, 0.2) is 5.82 Å². The van der Waals surface area contributed by atoms with Crippen LogP contribution in [0.25, 0.3) is 10.9 Å². The number of aryl methyl sites for hydroxylation is 1. The molecule has 0 unspecified atom stereocenters. The second kappa shape index (κ2) is 7.83. The number of anilines is 3. The van der Waals surface area contributed by atoms with Gasteiger partial charge in [0.05, 0.1) is 16.9 Å². The molecule has 2 heterocycles. The van der Waals surface area contributed by atoms with Crippen LogP contribution in [-0.4, -0.2) is 20.2 Å². The number of nitrogens with one attached hydrogen (secondary N) is 3. The van der Waals surface area contributed by atoms with Crippen molar-refractivity contribution in [2.75, 3.05) is 10.6 Å². The zero-order valence-electron chi connectivity index (χ0n) is 16.0. The fourth-order valence-electron chi connectivity index (χ4n) is 3.05. The zero-order chi connectivity index (χ0) is 20.4. The van der Waals surface area contributed by atoms with Gasteiger partial charge in [0.25, 0.3) is 0 Å². The van der Waals surface area contributed by atoms with Crippen molar-refractivity contribution in [2.45, 2.75) is 26.3 Å². The van der Waals surface area contributed by atoms with Crippen LogP contribution in [0.2, 0.25) is 0 Å². The predicted molar refractivity (Wildman–Crippen MR) is 109 cm³/mol. The number of aromatic amines is 1. The first kappa shape index (κ1) is 18.8. The van der Waals surface area contributed by atoms with Crippen LogP contribution in [0.4, 0.5) is 26.4 Å². The summed E-state index contributed by atoms with van der Waals surface area (Å²) < 4.78 is 27.7. The lowest BCUT2D eigenvalue weighted by atomic mass is 10.1. The molecule has 0 spiro atoms. The Hall–Kier alpha value is -3.55. The molecule has 4 aromatic rings. The second-order valence-corrected chi connectivity index (χ2v) is 6.70. The van der Waals surface area contributed by atoms with Gasteiger partial charge >= 0.3 is 0 Å². The highest BCUT2D eigenvalue weighted by molar-refractivity contribution is 5.92. The fraction of sp³-hybridized carbons (Fsp3) is 0.190. The lowest BCUT2D eigenvalue weighted by Gasteiger charge is -2.16. The molecule has 0 saturated heterocycles. The fourth-order valence-corrected chi connectivity index (χ4v) is 3.05. The average molecular weight is 394 g/mol. The molecule has 8 heteroatoms. The second-order valence-electron chi connectivity index (χ2n) is 6.70. The Morgan fingerprint density at radius 2 is 1.86 bits per heavy atom. The van der Waals surface area contributed by atoms with Crippen LogP contribution in [0, 0.1) is 11.6 Å². The summed E-state index contributed by atoms with van der Waals surface area (Å²) in [6.07, 6.45) is 0.801. The number of hydrogen-bond acceptors (Lipinski definition) is 5. The Balaban J connectivity index is 1.70. The first-order valence-electron chi connectivity index (χ1n) is 9.33. The minimum absolute atomic E-state index is 0.175. The molecule has 2 aromatic heterocycles. The molecule has 6 nitrogen and oxygen atoms in total. The quantitative estimate of drug-likeness (QED) is 0.424. The van der Waals surface area contributed by atoms with E-state index >= 15 is 0 Å². The molecule has 0 aliphatic carbocycles. The van der Waals surface area contributed by atoms with Gasteiger partial charge in [-0.1, -0.05) is 25.1 Å². The zero-order valence-corrected chi connectivity index (χ0v) is 16.0. The van der Waals surface area contributed by atoms with Gasteiger partial charge in [-0.3, -0.25) is 5.10 Å². The van der Waals surface area contributed by atoms with Crippen LogP contribution < -0.4 is 10.6 Å². The van der Waals surface area contributed by atoms with Crippen LogP contribution in [0.3, 0.4) is 0 Å². The van der Waals surface area contributed by atoms with E-state index in [2.05, 4.69) is 30.8 Å². The van der Waals surface area contributed by atoms with Crippen LogP contribution in [0.15, 0.2) is 48.5 Å². The Morgan fingerprint density at radius 1 is 1.07 bits per heavy atom. The van der Waals surface area contributed by atoms with E-state index in [0.717, 1.165) is 17.7 Å². The van der Waals surface area contributed by atoms with Crippen molar-refractivity contribution in [1.82, 2.24) is 20.2 Å². The summed E-state index contributed by atoms with van der Waals surface area (Å²) in [6, 6.07) is 12.6. The van der Waals surface area contributed by atoms with Gasteiger partial charge in [-0.05, 0) is 43.2 Å². The third-order valence-electron chi connectivity index (χ3n) is 4.65. The molecule has 1 atom stereocenters. The first-order chi connectivity index (χ1) is 14.0. The van der Waals surface area contributed by atoms with E-state index in [1.165, 1.54) is 18.2 Å². The smallest absolute Gasteiger partial charge is 0.225 e.